The maximum atomic E-state index is 11.8. The summed E-state index contributed by atoms with van der Waals surface area (Å²) in [5.41, 5.74) is 1.62. The van der Waals surface area contributed by atoms with Gasteiger partial charge in [-0.05, 0) is 12.1 Å². The van der Waals surface area contributed by atoms with Gasteiger partial charge in [0.15, 0.2) is 5.82 Å². The number of aromatic amines is 1. The summed E-state index contributed by atoms with van der Waals surface area (Å²) >= 11 is 0. The Balaban J connectivity index is 2.00. The fraction of sp³-hybridized carbons (Fsp3) is 0. The highest BCUT2D eigenvalue weighted by atomic mass is 16.1. The van der Waals surface area contributed by atoms with E-state index in [9.17, 15) is 4.79 Å². The van der Waals surface area contributed by atoms with Crippen molar-refractivity contribution in [3.63, 3.8) is 0 Å². The Bertz CT molecular complexity index is 897. The molecule has 2 N–H and O–H groups in total. The Morgan fingerprint density at radius 2 is 1.80 bits per heavy atom. The molecule has 1 aliphatic heterocycles. The van der Waals surface area contributed by atoms with Crippen molar-refractivity contribution in [2.45, 2.75) is 0 Å². The molecule has 3 aromatic rings. The van der Waals surface area contributed by atoms with Crippen LogP contribution in [0.2, 0.25) is 0 Å². The predicted molar refractivity (Wildman–Crippen MR) is 78.6 cm³/mol. The normalized spacial score (nSPS) is 12.9. The quantitative estimate of drug-likeness (QED) is 0.707. The van der Waals surface area contributed by atoms with Crippen LogP contribution in [0.1, 0.15) is 5.56 Å². The lowest BCUT2D eigenvalue weighted by Gasteiger charge is -2.17. The largest absolute Gasteiger partial charge is 0.339 e. The minimum Gasteiger partial charge on any atom is -0.339 e. The molecule has 4 rings (SSSR count). The first-order valence-electron chi connectivity index (χ1n) is 6.25. The number of aromatic nitrogens is 2. The molecular formula is C15H10N4O. The zero-order valence-corrected chi connectivity index (χ0v) is 10.4. The van der Waals surface area contributed by atoms with E-state index in [1.807, 2.05) is 42.5 Å². The lowest BCUT2D eigenvalue weighted by Crippen LogP contribution is -2.19. The molecule has 20 heavy (non-hydrogen) atoms. The lowest BCUT2D eigenvalue weighted by molar-refractivity contribution is 1.00. The third-order valence-electron chi connectivity index (χ3n) is 3.31. The molecule has 0 saturated carbocycles. The van der Waals surface area contributed by atoms with Crippen LogP contribution in [0, 0.1) is 0 Å². The standard InChI is InChI=1S/C15H10N4O/c20-15-10-7-4-8-11-12(10)14(18-19-15)17-13(16-11)9-5-2-1-3-6-9/h1-8H,(H,19,20)(H,16,17,18). The number of hydrogen-bond acceptors (Lipinski definition) is 4. The van der Waals surface area contributed by atoms with Gasteiger partial charge in [-0.2, -0.15) is 5.10 Å². The van der Waals surface area contributed by atoms with Gasteiger partial charge in [0.1, 0.15) is 5.84 Å². The van der Waals surface area contributed by atoms with Gasteiger partial charge < -0.3 is 5.32 Å². The van der Waals surface area contributed by atoms with Gasteiger partial charge in [-0.25, -0.2) is 10.1 Å². The average Bonchev–Trinajstić information content (AvgIpc) is 2.51. The first-order valence-corrected chi connectivity index (χ1v) is 6.25. The van der Waals surface area contributed by atoms with Gasteiger partial charge in [0, 0.05) is 5.56 Å². The number of H-pyrrole nitrogens is 1. The van der Waals surface area contributed by atoms with Gasteiger partial charge in [0.25, 0.3) is 5.56 Å². The van der Waals surface area contributed by atoms with E-state index in [0.717, 1.165) is 22.5 Å². The molecule has 1 aliphatic rings. The monoisotopic (exact) mass is 262 g/mol. The summed E-state index contributed by atoms with van der Waals surface area (Å²) in [5.74, 6) is 1.26. The van der Waals surface area contributed by atoms with E-state index >= 15 is 0 Å². The van der Waals surface area contributed by atoms with Gasteiger partial charge in [-0.15, -0.1) is 0 Å². The molecule has 0 unspecified atom stereocenters. The van der Waals surface area contributed by atoms with Crippen LogP contribution in [0.3, 0.4) is 0 Å². The fourth-order valence-corrected chi connectivity index (χ4v) is 2.38. The van der Waals surface area contributed by atoms with Crippen LogP contribution < -0.4 is 10.9 Å². The highest BCUT2D eigenvalue weighted by molar-refractivity contribution is 6.18. The SMILES string of the molecule is O=c1[nH]nc2c3c(cccc13)NC(c1ccccc1)=N2. The third kappa shape index (κ3) is 1.53. The molecule has 0 radical (unpaired) electrons. The molecule has 0 amide bonds. The van der Waals surface area contributed by atoms with Crippen LogP contribution in [0.4, 0.5) is 11.5 Å². The van der Waals surface area contributed by atoms with Gasteiger partial charge in [0.2, 0.25) is 0 Å². The Morgan fingerprint density at radius 3 is 2.65 bits per heavy atom. The highest BCUT2D eigenvalue weighted by Crippen LogP contribution is 2.32. The van der Waals surface area contributed by atoms with Crippen molar-refractivity contribution < 1.29 is 0 Å². The van der Waals surface area contributed by atoms with E-state index in [4.69, 9.17) is 0 Å². The summed E-state index contributed by atoms with van der Waals surface area (Å²) in [6.45, 7) is 0. The van der Waals surface area contributed by atoms with Crippen molar-refractivity contribution in [3.05, 3.63) is 64.4 Å². The fourth-order valence-electron chi connectivity index (χ4n) is 2.38. The van der Waals surface area contributed by atoms with E-state index < -0.39 is 0 Å². The van der Waals surface area contributed by atoms with Gasteiger partial charge >= 0.3 is 0 Å². The molecule has 2 heterocycles. The van der Waals surface area contributed by atoms with Crippen molar-refractivity contribution in [1.29, 1.82) is 0 Å². The first-order chi connectivity index (χ1) is 9.83. The van der Waals surface area contributed by atoms with Crippen molar-refractivity contribution in [3.8, 4) is 0 Å². The van der Waals surface area contributed by atoms with Crippen LogP contribution >= 0.6 is 0 Å². The topological polar surface area (TPSA) is 70.1 Å². The summed E-state index contributed by atoms with van der Waals surface area (Å²) in [6, 6.07) is 15.4. The Morgan fingerprint density at radius 1 is 0.950 bits per heavy atom. The Kier molecular flexibility index (Phi) is 2.20. The molecule has 0 atom stereocenters. The van der Waals surface area contributed by atoms with Crippen molar-refractivity contribution in [2.75, 3.05) is 5.32 Å². The zero-order chi connectivity index (χ0) is 13.5. The summed E-state index contributed by atoms with van der Waals surface area (Å²) in [4.78, 5) is 16.3. The summed E-state index contributed by atoms with van der Waals surface area (Å²) in [6.07, 6.45) is 0. The maximum Gasteiger partial charge on any atom is 0.272 e. The van der Waals surface area contributed by atoms with Crippen molar-refractivity contribution in [1.82, 2.24) is 10.2 Å². The van der Waals surface area contributed by atoms with E-state index in [1.165, 1.54) is 0 Å². The number of amidine groups is 1. The Labute approximate surface area is 114 Å². The lowest BCUT2D eigenvalue weighted by atomic mass is 10.1. The minimum atomic E-state index is -0.203. The average molecular weight is 262 g/mol. The first kappa shape index (κ1) is 10.9. The van der Waals surface area contributed by atoms with Gasteiger partial charge in [-0.3, -0.25) is 4.79 Å². The molecule has 96 valence electrons. The number of hydrogen-bond donors (Lipinski definition) is 2. The van der Waals surface area contributed by atoms with Crippen molar-refractivity contribution in [2.24, 2.45) is 4.99 Å². The number of nitrogens with one attached hydrogen (secondary N) is 2. The number of benzene rings is 2. The van der Waals surface area contributed by atoms with Crippen LogP contribution in [0.25, 0.3) is 10.8 Å². The molecular weight excluding hydrogens is 252 g/mol. The van der Waals surface area contributed by atoms with Crippen molar-refractivity contribution >= 4 is 28.1 Å². The number of rotatable bonds is 1. The molecule has 5 heteroatoms. The smallest absolute Gasteiger partial charge is 0.272 e. The molecule has 0 spiro atoms. The number of aliphatic imine (C=N–C) groups is 1. The molecule has 2 aromatic carbocycles. The van der Waals surface area contributed by atoms with Crippen LogP contribution in [-0.4, -0.2) is 16.0 Å². The second-order valence-electron chi connectivity index (χ2n) is 4.56. The summed E-state index contributed by atoms with van der Waals surface area (Å²) < 4.78 is 0. The molecule has 1 aromatic heterocycles. The molecule has 0 saturated heterocycles. The van der Waals surface area contributed by atoms with Gasteiger partial charge in [0.05, 0.1) is 16.5 Å². The second kappa shape index (κ2) is 4.03. The van der Waals surface area contributed by atoms with Gasteiger partial charge in [-0.1, -0.05) is 36.4 Å². The zero-order valence-electron chi connectivity index (χ0n) is 10.4. The molecule has 0 aliphatic carbocycles. The van der Waals surface area contributed by atoms with E-state index in [2.05, 4.69) is 20.5 Å². The predicted octanol–water partition coefficient (Wildman–Crippen LogP) is 2.43. The van der Waals surface area contributed by atoms with E-state index in [0.29, 0.717) is 11.2 Å². The number of anilines is 1. The Hall–Kier alpha value is -2.95. The molecule has 5 nitrogen and oxygen atoms in total. The maximum absolute atomic E-state index is 11.8. The molecule has 0 bridgehead atoms. The van der Waals surface area contributed by atoms with E-state index in [-0.39, 0.29) is 5.56 Å². The summed E-state index contributed by atoms with van der Waals surface area (Å²) in [7, 11) is 0. The molecule has 0 fully saturated rings. The van der Waals surface area contributed by atoms with Crippen LogP contribution in [0.15, 0.2) is 58.3 Å². The second-order valence-corrected chi connectivity index (χ2v) is 4.56. The number of nitrogens with zero attached hydrogens (tertiary/aromatic N) is 2. The van der Waals surface area contributed by atoms with Crippen LogP contribution in [0.5, 0.6) is 0 Å². The summed E-state index contributed by atoms with van der Waals surface area (Å²) in [5, 5.41) is 11.1. The third-order valence-corrected chi connectivity index (χ3v) is 3.31. The van der Waals surface area contributed by atoms with Crippen LogP contribution in [-0.2, 0) is 0 Å². The van der Waals surface area contributed by atoms with E-state index in [1.54, 1.807) is 6.07 Å². The minimum absolute atomic E-state index is 0.203. The highest BCUT2D eigenvalue weighted by Gasteiger charge is 2.17.